The summed E-state index contributed by atoms with van der Waals surface area (Å²) < 4.78 is 28.0. The topological polar surface area (TPSA) is 86.8 Å². The molecule has 1 N–H and O–H groups in total. The summed E-state index contributed by atoms with van der Waals surface area (Å²) >= 11 is 3.45. The van der Waals surface area contributed by atoms with Gasteiger partial charge in [0, 0.05) is 43.5 Å². The van der Waals surface area contributed by atoms with Crippen molar-refractivity contribution in [2.45, 2.75) is 63.1 Å². The maximum atomic E-state index is 13.8. The van der Waals surface area contributed by atoms with Crippen LogP contribution in [0.4, 0.5) is 0 Å². The Kier molecular flexibility index (Phi) is 11.9. The zero-order chi connectivity index (χ0) is 29.1. The van der Waals surface area contributed by atoms with Crippen LogP contribution < -0.4 is 5.32 Å². The number of hydrogen-bond donors (Lipinski definition) is 1. The average molecular weight is 629 g/mol. The van der Waals surface area contributed by atoms with Crippen molar-refractivity contribution in [2.24, 2.45) is 0 Å². The largest absolute Gasteiger partial charge is 0.352 e. The number of rotatable bonds is 14. The highest BCUT2D eigenvalue weighted by molar-refractivity contribution is 9.10. The number of carbonyl (C=O) groups is 2. The zero-order valence-electron chi connectivity index (χ0n) is 23.3. The molecule has 3 rings (SSSR count). The second-order valence-corrected chi connectivity index (χ2v) is 12.9. The maximum absolute atomic E-state index is 13.8. The van der Waals surface area contributed by atoms with Crippen LogP contribution in [0.3, 0.4) is 0 Å². The van der Waals surface area contributed by atoms with Crippen LogP contribution in [0.15, 0.2) is 94.3 Å². The van der Waals surface area contributed by atoms with Crippen LogP contribution in [0.1, 0.15) is 44.2 Å². The molecule has 0 bridgehead atoms. The molecular formula is C31H38BrN3O4S. The van der Waals surface area contributed by atoms with Crippen molar-refractivity contribution in [3.8, 4) is 0 Å². The first-order valence-electron chi connectivity index (χ1n) is 13.5. The fourth-order valence-corrected chi connectivity index (χ4v) is 5.77. The quantitative estimate of drug-likeness (QED) is 0.259. The number of sulfonamides is 1. The van der Waals surface area contributed by atoms with Gasteiger partial charge in [-0.25, -0.2) is 12.7 Å². The van der Waals surface area contributed by atoms with Gasteiger partial charge in [0.1, 0.15) is 6.04 Å². The summed E-state index contributed by atoms with van der Waals surface area (Å²) in [6.45, 7) is 4.39. The third kappa shape index (κ3) is 9.01. The summed E-state index contributed by atoms with van der Waals surface area (Å²) in [5.41, 5.74) is 1.85. The van der Waals surface area contributed by atoms with E-state index in [1.165, 1.54) is 11.4 Å². The van der Waals surface area contributed by atoms with Crippen LogP contribution in [0, 0.1) is 0 Å². The van der Waals surface area contributed by atoms with Crippen LogP contribution in [0.2, 0.25) is 0 Å². The lowest BCUT2D eigenvalue weighted by atomic mass is 10.0. The first-order valence-corrected chi connectivity index (χ1v) is 15.7. The van der Waals surface area contributed by atoms with Gasteiger partial charge in [-0.3, -0.25) is 9.59 Å². The van der Waals surface area contributed by atoms with Gasteiger partial charge in [0.15, 0.2) is 0 Å². The number of nitrogens with zero attached hydrogens (tertiary/aromatic N) is 2. The van der Waals surface area contributed by atoms with E-state index in [0.717, 1.165) is 22.0 Å². The molecule has 3 aromatic rings. The molecule has 0 saturated heterocycles. The van der Waals surface area contributed by atoms with Crippen molar-refractivity contribution in [1.29, 1.82) is 0 Å². The van der Waals surface area contributed by atoms with Crippen molar-refractivity contribution >= 4 is 37.8 Å². The van der Waals surface area contributed by atoms with E-state index >= 15 is 0 Å². The smallest absolute Gasteiger partial charge is 0.243 e. The molecule has 0 fully saturated rings. The monoisotopic (exact) mass is 627 g/mol. The number of carbonyl (C=O) groups excluding carboxylic acids is 2. The summed E-state index contributed by atoms with van der Waals surface area (Å²) in [5.74, 6) is -0.402. The standard InChI is InChI=1S/C31H38BrN3O4S/c1-4-24(2)33-31(37)29(22-25-12-7-5-8-13-25)35(23-26-17-19-27(32)20-18-26)30(36)16-11-21-34(3)40(38,39)28-14-9-6-10-15-28/h5-10,12-15,17-20,24,29H,4,11,16,21-23H2,1-3H3,(H,33,37)/t24-,29-/m0/s1. The predicted molar refractivity (Wildman–Crippen MR) is 162 cm³/mol. The van der Waals surface area contributed by atoms with Gasteiger partial charge in [-0.05, 0) is 55.2 Å². The molecule has 7 nitrogen and oxygen atoms in total. The zero-order valence-corrected chi connectivity index (χ0v) is 25.7. The van der Waals surface area contributed by atoms with E-state index in [1.54, 1.807) is 35.2 Å². The molecule has 9 heteroatoms. The van der Waals surface area contributed by atoms with Crippen LogP contribution >= 0.6 is 15.9 Å². The fourth-order valence-electron chi connectivity index (χ4n) is 4.27. The van der Waals surface area contributed by atoms with E-state index in [2.05, 4.69) is 21.2 Å². The normalized spacial score (nSPS) is 13.0. The Morgan fingerprint density at radius 3 is 2.10 bits per heavy atom. The SMILES string of the molecule is CC[C@H](C)NC(=O)[C@H](Cc1ccccc1)N(Cc1ccc(Br)cc1)C(=O)CCCN(C)S(=O)(=O)c1ccccc1. The summed E-state index contributed by atoms with van der Waals surface area (Å²) in [6.07, 6.45) is 1.57. The average Bonchev–Trinajstić information content (AvgIpc) is 2.96. The van der Waals surface area contributed by atoms with Gasteiger partial charge in [-0.15, -0.1) is 0 Å². The van der Waals surface area contributed by atoms with Crippen LogP contribution in [-0.2, 0) is 32.6 Å². The van der Waals surface area contributed by atoms with E-state index in [-0.39, 0.29) is 42.3 Å². The Morgan fingerprint density at radius 2 is 1.50 bits per heavy atom. The highest BCUT2D eigenvalue weighted by Crippen LogP contribution is 2.19. The van der Waals surface area contributed by atoms with Crippen LogP contribution in [0.25, 0.3) is 0 Å². The molecular weight excluding hydrogens is 590 g/mol. The molecule has 0 aliphatic carbocycles. The minimum Gasteiger partial charge on any atom is -0.352 e. The molecule has 0 spiro atoms. The first-order chi connectivity index (χ1) is 19.1. The lowest BCUT2D eigenvalue weighted by molar-refractivity contribution is -0.141. The van der Waals surface area contributed by atoms with Gasteiger partial charge < -0.3 is 10.2 Å². The van der Waals surface area contributed by atoms with Crippen molar-refractivity contribution in [3.05, 3.63) is 101 Å². The van der Waals surface area contributed by atoms with E-state index in [4.69, 9.17) is 0 Å². The van der Waals surface area contributed by atoms with Gasteiger partial charge in [-0.2, -0.15) is 0 Å². The van der Waals surface area contributed by atoms with E-state index in [1.807, 2.05) is 68.4 Å². The highest BCUT2D eigenvalue weighted by atomic mass is 79.9. The second-order valence-electron chi connectivity index (χ2n) is 9.91. The third-order valence-electron chi connectivity index (χ3n) is 6.85. The summed E-state index contributed by atoms with van der Waals surface area (Å²) in [6, 6.07) is 24.8. The Balaban J connectivity index is 1.83. The third-order valence-corrected chi connectivity index (χ3v) is 9.25. The van der Waals surface area contributed by atoms with Gasteiger partial charge in [0.2, 0.25) is 21.8 Å². The van der Waals surface area contributed by atoms with Crippen molar-refractivity contribution in [2.75, 3.05) is 13.6 Å². The number of nitrogens with one attached hydrogen (secondary N) is 1. The van der Waals surface area contributed by atoms with Gasteiger partial charge in [0.05, 0.1) is 4.90 Å². The summed E-state index contributed by atoms with van der Waals surface area (Å²) in [7, 11) is -2.14. The van der Waals surface area contributed by atoms with E-state index < -0.39 is 16.1 Å². The van der Waals surface area contributed by atoms with Crippen LogP contribution in [-0.4, -0.2) is 55.1 Å². The number of benzene rings is 3. The summed E-state index contributed by atoms with van der Waals surface area (Å²) in [5, 5.41) is 3.06. The van der Waals surface area contributed by atoms with E-state index in [9.17, 15) is 18.0 Å². The van der Waals surface area contributed by atoms with E-state index in [0.29, 0.717) is 12.8 Å². The Labute approximate surface area is 246 Å². The summed E-state index contributed by atoms with van der Waals surface area (Å²) in [4.78, 5) is 29.2. The van der Waals surface area contributed by atoms with Gasteiger partial charge in [-0.1, -0.05) is 83.5 Å². The Morgan fingerprint density at radius 1 is 0.900 bits per heavy atom. The molecule has 214 valence electrons. The van der Waals surface area contributed by atoms with Crippen molar-refractivity contribution in [3.63, 3.8) is 0 Å². The molecule has 0 saturated carbocycles. The molecule has 40 heavy (non-hydrogen) atoms. The van der Waals surface area contributed by atoms with Crippen LogP contribution in [0.5, 0.6) is 0 Å². The molecule has 0 aliphatic heterocycles. The lowest BCUT2D eigenvalue weighted by Crippen LogP contribution is -2.52. The Bertz CT molecular complexity index is 1340. The first kappa shape index (κ1) is 31.5. The van der Waals surface area contributed by atoms with Crippen molar-refractivity contribution < 1.29 is 18.0 Å². The predicted octanol–water partition coefficient (Wildman–Crippen LogP) is 5.40. The lowest BCUT2D eigenvalue weighted by Gasteiger charge is -2.32. The van der Waals surface area contributed by atoms with Gasteiger partial charge in [0.25, 0.3) is 0 Å². The molecule has 0 aromatic heterocycles. The molecule has 0 aliphatic rings. The number of halogens is 1. The minimum absolute atomic E-state index is 0.0350. The second kappa shape index (κ2) is 15.1. The molecule has 3 aromatic carbocycles. The maximum Gasteiger partial charge on any atom is 0.243 e. The molecule has 2 amide bonds. The molecule has 0 radical (unpaired) electrons. The number of amides is 2. The molecule has 0 heterocycles. The Hall–Kier alpha value is -3.01. The van der Waals surface area contributed by atoms with Gasteiger partial charge >= 0.3 is 0 Å². The van der Waals surface area contributed by atoms with Crippen molar-refractivity contribution in [1.82, 2.24) is 14.5 Å². The fraction of sp³-hybridized carbons (Fsp3) is 0.355. The minimum atomic E-state index is -3.66. The molecule has 0 unspecified atom stereocenters. The highest BCUT2D eigenvalue weighted by Gasteiger charge is 2.31. The number of hydrogen-bond acceptors (Lipinski definition) is 4. The molecule has 2 atom stereocenters.